The normalized spacial score (nSPS) is 10.2. The Balaban J connectivity index is 2.10. The minimum atomic E-state index is -0.490. The second-order valence-corrected chi connectivity index (χ2v) is 5.99. The van der Waals surface area contributed by atoms with Crippen LogP contribution in [0.25, 0.3) is 0 Å². The van der Waals surface area contributed by atoms with Crippen LogP contribution in [-0.4, -0.2) is 25.5 Å². The fraction of sp³-hybridized carbons (Fsp3) is 0.294. The molecule has 1 aromatic carbocycles. The summed E-state index contributed by atoms with van der Waals surface area (Å²) >= 11 is 3.37. The van der Waals surface area contributed by atoms with Crippen LogP contribution in [0.15, 0.2) is 33.4 Å². The van der Waals surface area contributed by atoms with Gasteiger partial charge in [-0.25, -0.2) is 0 Å². The van der Waals surface area contributed by atoms with Crippen LogP contribution in [0.4, 0.5) is 0 Å². The molecule has 0 aliphatic heterocycles. The number of carbonyl (C=O) groups is 2. The number of methoxy groups -OCH3 is 1. The zero-order valence-electron chi connectivity index (χ0n) is 14.1. The van der Waals surface area contributed by atoms with Crippen LogP contribution < -0.4 is 20.3 Å². The van der Waals surface area contributed by atoms with Gasteiger partial charge in [-0.15, -0.1) is 0 Å². The first-order valence-electron chi connectivity index (χ1n) is 7.63. The van der Waals surface area contributed by atoms with Crippen molar-refractivity contribution in [2.75, 3.05) is 13.7 Å². The molecule has 7 nitrogen and oxygen atoms in total. The monoisotopic (exact) mass is 410 g/mol. The maximum Gasteiger partial charge on any atom is 0.273 e. The third kappa shape index (κ3) is 4.54. The molecule has 0 aliphatic rings. The van der Waals surface area contributed by atoms with E-state index in [1.807, 2.05) is 6.92 Å². The maximum absolute atomic E-state index is 12.3. The van der Waals surface area contributed by atoms with Crippen molar-refractivity contribution >= 4 is 27.7 Å². The van der Waals surface area contributed by atoms with Crippen molar-refractivity contribution in [3.05, 3.63) is 45.8 Å². The van der Waals surface area contributed by atoms with Gasteiger partial charge in [0, 0.05) is 5.56 Å². The Hall–Kier alpha value is -2.48. The lowest BCUT2D eigenvalue weighted by Gasteiger charge is -2.14. The molecule has 2 amide bonds. The van der Waals surface area contributed by atoms with Gasteiger partial charge in [-0.3, -0.25) is 20.4 Å². The van der Waals surface area contributed by atoms with Crippen LogP contribution >= 0.6 is 15.9 Å². The molecular formula is C17H19BrN2O5. The second kappa shape index (κ2) is 8.57. The summed E-state index contributed by atoms with van der Waals surface area (Å²) in [5, 5.41) is 0. The largest absolute Gasteiger partial charge is 0.493 e. The average molecular weight is 411 g/mol. The highest BCUT2D eigenvalue weighted by Gasteiger charge is 2.17. The first-order chi connectivity index (χ1) is 12.0. The summed E-state index contributed by atoms with van der Waals surface area (Å²) in [5.74, 6) is 0.460. The second-order valence-electron chi connectivity index (χ2n) is 5.14. The van der Waals surface area contributed by atoms with Gasteiger partial charge in [0.15, 0.2) is 11.5 Å². The maximum atomic E-state index is 12.3. The lowest BCUT2D eigenvalue weighted by Crippen LogP contribution is -2.41. The van der Waals surface area contributed by atoms with Gasteiger partial charge >= 0.3 is 0 Å². The number of aryl methyl sites for hydroxylation is 1. The van der Waals surface area contributed by atoms with E-state index >= 15 is 0 Å². The van der Waals surface area contributed by atoms with Crippen LogP contribution in [0.1, 0.15) is 39.8 Å². The van der Waals surface area contributed by atoms with Gasteiger partial charge in [0.2, 0.25) is 0 Å². The Morgan fingerprint density at radius 1 is 1.24 bits per heavy atom. The van der Waals surface area contributed by atoms with E-state index in [-0.39, 0.29) is 0 Å². The highest BCUT2D eigenvalue weighted by Crippen LogP contribution is 2.36. The molecule has 0 unspecified atom stereocenters. The Kier molecular flexibility index (Phi) is 6.46. The summed E-state index contributed by atoms with van der Waals surface area (Å²) in [5.41, 5.74) is 5.35. The van der Waals surface area contributed by atoms with E-state index in [1.165, 1.54) is 19.4 Å². The lowest BCUT2D eigenvalue weighted by atomic mass is 10.2. The quantitative estimate of drug-likeness (QED) is 0.713. The average Bonchev–Trinajstić information content (AvgIpc) is 3.03. The van der Waals surface area contributed by atoms with Gasteiger partial charge in [0.1, 0.15) is 5.76 Å². The van der Waals surface area contributed by atoms with E-state index in [4.69, 9.17) is 13.9 Å². The summed E-state index contributed by atoms with van der Waals surface area (Å²) in [4.78, 5) is 24.3. The number of halogens is 1. The molecule has 2 rings (SSSR count). The molecule has 0 spiro atoms. The van der Waals surface area contributed by atoms with E-state index in [9.17, 15) is 9.59 Å². The molecule has 2 N–H and O–H groups in total. The fourth-order valence-electron chi connectivity index (χ4n) is 2.07. The third-order valence-electron chi connectivity index (χ3n) is 3.34. The number of ether oxygens (including phenoxy) is 2. The van der Waals surface area contributed by atoms with Crippen molar-refractivity contribution in [2.24, 2.45) is 0 Å². The molecule has 134 valence electrons. The first-order valence-corrected chi connectivity index (χ1v) is 8.42. The number of nitrogens with one attached hydrogen (secondary N) is 2. The molecule has 0 bridgehead atoms. The van der Waals surface area contributed by atoms with E-state index in [0.717, 1.165) is 6.42 Å². The summed E-state index contributed by atoms with van der Waals surface area (Å²) in [6, 6.07) is 4.66. The molecule has 0 atom stereocenters. The molecule has 25 heavy (non-hydrogen) atoms. The molecule has 0 radical (unpaired) electrons. The number of furan rings is 1. The van der Waals surface area contributed by atoms with Crippen molar-refractivity contribution in [3.8, 4) is 11.5 Å². The lowest BCUT2D eigenvalue weighted by molar-refractivity contribution is 0.0845. The Labute approximate surface area is 153 Å². The molecule has 0 saturated heterocycles. The molecule has 8 heteroatoms. The highest BCUT2D eigenvalue weighted by molar-refractivity contribution is 9.10. The highest BCUT2D eigenvalue weighted by atomic mass is 79.9. The van der Waals surface area contributed by atoms with Crippen molar-refractivity contribution in [3.63, 3.8) is 0 Å². The molecule has 1 heterocycles. The van der Waals surface area contributed by atoms with E-state index in [2.05, 4.69) is 26.8 Å². The zero-order chi connectivity index (χ0) is 18.4. The van der Waals surface area contributed by atoms with Gasteiger partial charge in [-0.05, 0) is 47.5 Å². The number of carbonyl (C=O) groups excluding carboxylic acids is 2. The van der Waals surface area contributed by atoms with E-state index in [0.29, 0.717) is 39.5 Å². The topological polar surface area (TPSA) is 89.8 Å². The molecule has 2 aromatic rings. The number of hydrogen-bond donors (Lipinski definition) is 2. The molecule has 1 aromatic heterocycles. The number of rotatable bonds is 6. The molecule has 0 fully saturated rings. The van der Waals surface area contributed by atoms with Crippen LogP contribution in [0.3, 0.4) is 0 Å². The molecule has 0 saturated carbocycles. The van der Waals surface area contributed by atoms with Crippen molar-refractivity contribution in [1.29, 1.82) is 0 Å². The van der Waals surface area contributed by atoms with Gasteiger partial charge in [0.05, 0.1) is 30.0 Å². The predicted molar refractivity (Wildman–Crippen MR) is 94.9 cm³/mol. The number of hydrazine groups is 1. The van der Waals surface area contributed by atoms with Crippen LogP contribution in [0, 0.1) is 6.92 Å². The number of hydrogen-bond acceptors (Lipinski definition) is 5. The van der Waals surface area contributed by atoms with Crippen LogP contribution in [0.5, 0.6) is 11.5 Å². The number of amides is 2. The predicted octanol–water partition coefficient (Wildman–Crippen LogP) is 3.22. The summed E-state index contributed by atoms with van der Waals surface area (Å²) in [7, 11) is 1.49. The van der Waals surface area contributed by atoms with Crippen molar-refractivity contribution in [1.82, 2.24) is 10.9 Å². The minimum Gasteiger partial charge on any atom is -0.493 e. The SMILES string of the molecule is CCCOc1c(Br)cc(C(=O)NNC(=O)c2ccoc2C)cc1OC. The summed E-state index contributed by atoms with van der Waals surface area (Å²) < 4.78 is 16.5. The Bertz CT molecular complexity index is 772. The van der Waals surface area contributed by atoms with Crippen molar-refractivity contribution < 1.29 is 23.5 Å². The molecular weight excluding hydrogens is 392 g/mol. The standard InChI is InChI=1S/C17H19BrN2O5/c1-4-6-25-15-13(18)8-11(9-14(15)23-3)16(21)19-20-17(22)12-5-7-24-10(12)2/h5,7-9H,4,6H2,1-3H3,(H,19,21)(H,20,22). The first kappa shape index (κ1) is 18.9. The fourth-order valence-corrected chi connectivity index (χ4v) is 2.63. The Morgan fingerprint density at radius 2 is 1.96 bits per heavy atom. The molecule has 0 aliphatic carbocycles. The minimum absolute atomic E-state index is 0.303. The number of benzene rings is 1. The van der Waals surface area contributed by atoms with Gasteiger partial charge < -0.3 is 13.9 Å². The summed E-state index contributed by atoms with van der Waals surface area (Å²) in [6.45, 7) is 4.18. The van der Waals surface area contributed by atoms with E-state index in [1.54, 1.807) is 19.1 Å². The van der Waals surface area contributed by atoms with Gasteiger partial charge in [0.25, 0.3) is 11.8 Å². The summed E-state index contributed by atoms with van der Waals surface area (Å²) in [6.07, 6.45) is 2.25. The van der Waals surface area contributed by atoms with Crippen LogP contribution in [-0.2, 0) is 0 Å². The zero-order valence-corrected chi connectivity index (χ0v) is 15.7. The van der Waals surface area contributed by atoms with Gasteiger partial charge in [-0.2, -0.15) is 0 Å². The smallest absolute Gasteiger partial charge is 0.273 e. The van der Waals surface area contributed by atoms with Crippen LogP contribution in [0.2, 0.25) is 0 Å². The third-order valence-corrected chi connectivity index (χ3v) is 3.92. The van der Waals surface area contributed by atoms with E-state index < -0.39 is 11.8 Å². The Morgan fingerprint density at radius 3 is 2.56 bits per heavy atom. The van der Waals surface area contributed by atoms with Gasteiger partial charge in [-0.1, -0.05) is 6.92 Å². The van der Waals surface area contributed by atoms with Crippen molar-refractivity contribution in [2.45, 2.75) is 20.3 Å².